The first-order valence-electron chi connectivity index (χ1n) is 7.11. The number of carbonyl (C=O) groups is 1. The summed E-state index contributed by atoms with van der Waals surface area (Å²) >= 11 is 0. The van der Waals surface area contributed by atoms with Crippen molar-refractivity contribution in [2.24, 2.45) is 0 Å². The second kappa shape index (κ2) is 5.82. The number of benzene rings is 1. The molecule has 0 spiro atoms. The van der Waals surface area contributed by atoms with Crippen LogP contribution < -0.4 is 0 Å². The predicted molar refractivity (Wildman–Crippen MR) is 73.1 cm³/mol. The second-order valence-corrected chi connectivity index (χ2v) is 5.26. The van der Waals surface area contributed by atoms with Gasteiger partial charge in [0, 0.05) is 31.5 Å². The number of halogens is 2. The van der Waals surface area contributed by atoms with Crippen molar-refractivity contribution in [2.75, 3.05) is 13.1 Å². The van der Waals surface area contributed by atoms with Crippen molar-refractivity contribution in [2.45, 2.75) is 25.7 Å². The van der Waals surface area contributed by atoms with E-state index in [-0.39, 0.29) is 29.6 Å². The standard InChI is InChI=1S/C15H15F2N3O2/c1-2-20-8-9(6-14(20)21)15-18-13(19-22-15)7-10-11(16)4-3-5-12(10)17/h3-5,9H,2,6-8H2,1H3. The minimum absolute atomic E-state index is 0.0485. The molecule has 116 valence electrons. The summed E-state index contributed by atoms with van der Waals surface area (Å²) in [6.07, 6.45) is 0.240. The van der Waals surface area contributed by atoms with Gasteiger partial charge in [0.15, 0.2) is 5.82 Å². The normalized spacial score (nSPS) is 18.2. The molecule has 1 aliphatic heterocycles. The molecule has 0 bridgehead atoms. The van der Waals surface area contributed by atoms with Crippen molar-refractivity contribution in [3.05, 3.63) is 47.1 Å². The van der Waals surface area contributed by atoms with Gasteiger partial charge in [-0.3, -0.25) is 4.79 Å². The van der Waals surface area contributed by atoms with Gasteiger partial charge in [0.25, 0.3) is 0 Å². The smallest absolute Gasteiger partial charge is 0.232 e. The van der Waals surface area contributed by atoms with E-state index in [1.807, 2.05) is 6.92 Å². The van der Waals surface area contributed by atoms with Crippen molar-refractivity contribution < 1.29 is 18.1 Å². The third-order valence-corrected chi connectivity index (χ3v) is 3.83. The third kappa shape index (κ3) is 2.70. The van der Waals surface area contributed by atoms with Crippen LogP contribution in [-0.2, 0) is 11.2 Å². The molecular weight excluding hydrogens is 292 g/mol. The fourth-order valence-electron chi connectivity index (χ4n) is 2.61. The highest BCUT2D eigenvalue weighted by Crippen LogP contribution is 2.27. The second-order valence-electron chi connectivity index (χ2n) is 5.26. The summed E-state index contributed by atoms with van der Waals surface area (Å²) < 4.78 is 32.4. The molecule has 7 heteroatoms. The molecule has 1 amide bonds. The zero-order valence-corrected chi connectivity index (χ0v) is 12.1. The van der Waals surface area contributed by atoms with Gasteiger partial charge in [-0.05, 0) is 19.1 Å². The number of hydrogen-bond donors (Lipinski definition) is 0. The van der Waals surface area contributed by atoms with Crippen LogP contribution in [0.15, 0.2) is 22.7 Å². The maximum Gasteiger partial charge on any atom is 0.232 e. The Kier molecular flexibility index (Phi) is 3.87. The molecule has 2 heterocycles. The molecule has 1 atom stereocenters. The average molecular weight is 307 g/mol. The van der Waals surface area contributed by atoms with E-state index < -0.39 is 11.6 Å². The van der Waals surface area contributed by atoms with Crippen LogP contribution in [0.25, 0.3) is 0 Å². The molecular formula is C15H15F2N3O2. The zero-order chi connectivity index (χ0) is 15.7. The van der Waals surface area contributed by atoms with E-state index in [2.05, 4.69) is 10.1 Å². The van der Waals surface area contributed by atoms with Crippen molar-refractivity contribution in [3.8, 4) is 0 Å². The summed E-state index contributed by atoms with van der Waals surface area (Å²) in [4.78, 5) is 17.6. The maximum absolute atomic E-state index is 13.6. The third-order valence-electron chi connectivity index (χ3n) is 3.83. The number of hydrogen-bond acceptors (Lipinski definition) is 4. The lowest BCUT2D eigenvalue weighted by Crippen LogP contribution is -2.24. The van der Waals surface area contributed by atoms with Crippen LogP contribution >= 0.6 is 0 Å². The Morgan fingerprint density at radius 1 is 1.36 bits per heavy atom. The first-order valence-corrected chi connectivity index (χ1v) is 7.11. The number of likely N-dealkylation sites (N-methyl/N-ethyl adjacent to an activating group) is 1. The summed E-state index contributed by atoms with van der Waals surface area (Å²) in [5, 5.41) is 3.76. The van der Waals surface area contributed by atoms with Crippen LogP contribution in [0.4, 0.5) is 8.78 Å². The molecule has 22 heavy (non-hydrogen) atoms. The molecule has 0 radical (unpaired) electrons. The molecule has 1 unspecified atom stereocenters. The molecule has 5 nitrogen and oxygen atoms in total. The number of likely N-dealkylation sites (tertiary alicyclic amines) is 1. The molecule has 2 aromatic rings. The summed E-state index contributed by atoms with van der Waals surface area (Å²) in [7, 11) is 0. The Morgan fingerprint density at radius 2 is 2.09 bits per heavy atom. The van der Waals surface area contributed by atoms with Crippen LogP contribution in [-0.4, -0.2) is 34.0 Å². The predicted octanol–water partition coefficient (Wildman–Crippen LogP) is 2.27. The van der Waals surface area contributed by atoms with E-state index in [0.717, 1.165) is 0 Å². The Hall–Kier alpha value is -2.31. The minimum Gasteiger partial charge on any atom is -0.342 e. The van der Waals surface area contributed by atoms with Gasteiger partial charge in [0.1, 0.15) is 11.6 Å². The van der Waals surface area contributed by atoms with Crippen LogP contribution in [0.5, 0.6) is 0 Å². The molecule has 1 saturated heterocycles. The number of amides is 1. The topological polar surface area (TPSA) is 59.2 Å². The Labute approximate surface area is 125 Å². The lowest BCUT2D eigenvalue weighted by Gasteiger charge is -2.11. The number of nitrogens with zero attached hydrogens (tertiary/aromatic N) is 3. The molecule has 1 aromatic carbocycles. The fraction of sp³-hybridized carbons (Fsp3) is 0.400. The quantitative estimate of drug-likeness (QED) is 0.869. The first kappa shape index (κ1) is 14.6. The Morgan fingerprint density at radius 3 is 2.73 bits per heavy atom. The number of rotatable bonds is 4. The highest BCUT2D eigenvalue weighted by atomic mass is 19.1. The zero-order valence-electron chi connectivity index (χ0n) is 12.1. The van der Waals surface area contributed by atoms with Gasteiger partial charge in [-0.2, -0.15) is 4.98 Å². The van der Waals surface area contributed by atoms with Crippen LogP contribution in [0.1, 0.15) is 36.5 Å². The summed E-state index contributed by atoms with van der Waals surface area (Å²) in [6.45, 7) is 3.07. The van der Waals surface area contributed by atoms with Crippen molar-refractivity contribution in [1.29, 1.82) is 0 Å². The molecule has 1 fully saturated rings. The monoisotopic (exact) mass is 307 g/mol. The van der Waals surface area contributed by atoms with E-state index in [9.17, 15) is 13.6 Å². The van der Waals surface area contributed by atoms with Gasteiger partial charge in [-0.15, -0.1) is 0 Å². The maximum atomic E-state index is 13.6. The van der Waals surface area contributed by atoms with E-state index in [1.165, 1.54) is 18.2 Å². The molecule has 0 aliphatic carbocycles. The number of aromatic nitrogens is 2. The van der Waals surface area contributed by atoms with E-state index in [0.29, 0.717) is 25.4 Å². The summed E-state index contributed by atoms with van der Waals surface area (Å²) in [5.74, 6) is -0.830. The van der Waals surface area contributed by atoms with Gasteiger partial charge in [0.05, 0.1) is 5.92 Å². The lowest BCUT2D eigenvalue weighted by molar-refractivity contribution is -0.127. The van der Waals surface area contributed by atoms with Crippen molar-refractivity contribution in [3.63, 3.8) is 0 Å². The molecule has 1 aromatic heterocycles. The summed E-state index contributed by atoms with van der Waals surface area (Å²) in [5.41, 5.74) is -0.0902. The Bertz CT molecular complexity index is 682. The van der Waals surface area contributed by atoms with Crippen LogP contribution in [0.3, 0.4) is 0 Å². The van der Waals surface area contributed by atoms with E-state index in [4.69, 9.17) is 4.52 Å². The van der Waals surface area contributed by atoms with Gasteiger partial charge < -0.3 is 9.42 Å². The molecule has 1 aliphatic rings. The lowest BCUT2D eigenvalue weighted by atomic mass is 10.1. The summed E-state index contributed by atoms with van der Waals surface area (Å²) in [6, 6.07) is 3.68. The van der Waals surface area contributed by atoms with Gasteiger partial charge in [0.2, 0.25) is 11.8 Å². The van der Waals surface area contributed by atoms with Gasteiger partial charge in [-0.25, -0.2) is 8.78 Å². The van der Waals surface area contributed by atoms with Crippen LogP contribution in [0.2, 0.25) is 0 Å². The van der Waals surface area contributed by atoms with E-state index >= 15 is 0 Å². The largest absolute Gasteiger partial charge is 0.342 e. The van der Waals surface area contributed by atoms with Gasteiger partial charge >= 0.3 is 0 Å². The average Bonchev–Trinajstić information content (AvgIpc) is 3.09. The van der Waals surface area contributed by atoms with Crippen molar-refractivity contribution >= 4 is 5.91 Å². The highest BCUT2D eigenvalue weighted by Gasteiger charge is 2.33. The van der Waals surface area contributed by atoms with Crippen LogP contribution in [0, 0.1) is 11.6 Å². The van der Waals surface area contributed by atoms with Crippen molar-refractivity contribution in [1.82, 2.24) is 15.0 Å². The number of carbonyl (C=O) groups excluding carboxylic acids is 1. The first-order chi connectivity index (χ1) is 10.6. The molecule has 3 rings (SSSR count). The molecule has 0 saturated carbocycles. The minimum atomic E-state index is -0.639. The highest BCUT2D eigenvalue weighted by molar-refractivity contribution is 5.79. The van der Waals surface area contributed by atoms with E-state index in [1.54, 1.807) is 4.90 Å². The SMILES string of the molecule is CCN1CC(c2nc(Cc3c(F)cccc3F)no2)CC1=O. The van der Waals surface area contributed by atoms with Gasteiger partial charge in [-0.1, -0.05) is 11.2 Å². The molecule has 0 N–H and O–H groups in total. The fourth-order valence-corrected chi connectivity index (χ4v) is 2.61. The Balaban J connectivity index is 1.76.